The number of aromatic nitrogens is 1. The molecule has 3 heteroatoms. The summed E-state index contributed by atoms with van der Waals surface area (Å²) in [5, 5.41) is 12.4. The predicted octanol–water partition coefficient (Wildman–Crippen LogP) is 1.14. The predicted molar refractivity (Wildman–Crippen MR) is 42.4 cm³/mol. The first kappa shape index (κ1) is 6.73. The van der Waals surface area contributed by atoms with Gasteiger partial charge in [-0.2, -0.15) is 0 Å². The van der Waals surface area contributed by atoms with E-state index in [4.69, 9.17) is 5.11 Å². The molecule has 0 amide bonds. The second-order valence-corrected chi connectivity index (χ2v) is 2.97. The summed E-state index contributed by atoms with van der Waals surface area (Å²) >= 11 is 0. The number of aromatic hydroxyl groups is 1. The van der Waals surface area contributed by atoms with Crippen molar-refractivity contribution in [2.75, 3.05) is 6.54 Å². The van der Waals surface area contributed by atoms with Gasteiger partial charge in [-0.25, -0.2) is 0 Å². The largest absolute Gasteiger partial charge is 0.495 e. The maximum absolute atomic E-state index is 9.03. The zero-order chi connectivity index (χ0) is 7.68. The van der Waals surface area contributed by atoms with Crippen molar-refractivity contribution < 1.29 is 5.11 Å². The molecule has 0 spiro atoms. The fraction of sp³-hybridized carbons (Fsp3) is 0.500. The SMILES string of the molecule is Oc1cc([C@@H]2CCCN2)c[nH]1. The van der Waals surface area contributed by atoms with Crippen molar-refractivity contribution in [3.05, 3.63) is 17.8 Å². The highest BCUT2D eigenvalue weighted by molar-refractivity contribution is 5.23. The van der Waals surface area contributed by atoms with Crippen molar-refractivity contribution in [3.8, 4) is 5.88 Å². The zero-order valence-electron chi connectivity index (χ0n) is 6.30. The van der Waals surface area contributed by atoms with E-state index in [1.165, 1.54) is 18.4 Å². The van der Waals surface area contributed by atoms with Crippen LogP contribution in [0.5, 0.6) is 5.88 Å². The third-order valence-corrected chi connectivity index (χ3v) is 2.15. The first-order chi connectivity index (χ1) is 5.36. The fourth-order valence-corrected chi connectivity index (χ4v) is 1.57. The van der Waals surface area contributed by atoms with E-state index in [1.54, 1.807) is 6.07 Å². The molecule has 0 saturated carbocycles. The summed E-state index contributed by atoms with van der Waals surface area (Å²) in [6.07, 6.45) is 4.27. The van der Waals surface area contributed by atoms with Gasteiger partial charge in [0.25, 0.3) is 0 Å². The highest BCUT2D eigenvalue weighted by Crippen LogP contribution is 2.24. The lowest BCUT2D eigenvalue weighted by Crippen LogP contribution is -2.11. The van der Waals surface area contributed by atoms with Crippen LogP contribution >= 0.6 is 0 Å². The van der Waals surface area contributed by atoms with Gasteiger partial charge in [-0.1, -0.05) is 0 Å². The lowest BCUT2D eigenvalue weighted by molar-refractivity contribution is 0.456. The highest BCUT2D eigenvalue weighted by atomic mass is 16.3. The van der Waals surface area contributed by atoms with Crippen LogP contribution in [0.4, 0.5) is 0 Å². The molecule has 1 aromatic heterocycles. The van der Waals surface area contributed by atoms with Gasteiger partial charge in [0.1, 0.15) is 0 Å². The maximum Gasteiger partial charge on any atom is 0.188 e. The quantitative estimate of drug-likeness (QED) is 0.565. The van der Waals surface area contributed by atoms with Crippen LogP contribution in [-0.2, 0) is 0 Å². The number of aromatic amines is 1. The minimum Gasteiger partial charge on any atom is -0.495 e. The van der Waals surface area contributed by atoms with Crippen molar-refractivity contribution in [2.24, 2.45) is 0 Å². The van der Waals surface area contributed by atoms with E-state index in [0.29, 0.717) is 6.04 Å². The molecule has 3 nitrogen and oxygen atoms in total. The molecule has 1 aliphatic rings. The van der Waals surface area contributed by atoms with E-state index in [1.807, 2.05) is 6.20 Å². The van der Waals surface area contributed by atoms with Gasteiger partial charge in [0.2, 0.25) is 0 Å². The summed E-state index contributed by atoms with van der Waals surface area (Å²) in [6.45, 7) is 1.09. The molecule has 0 radical (unpaired) electrons. The molecule has 2 rings (SSSR count). The molecule has 11 heavy (non-hydrogen) atoms. The summed E-state index contributed by atoms with van der Waals surface area (Å²) < 4.78 is 0. The number of rotatable bonds is 1. The summed E-state index contributed by atoms with van der Waals surface area (Å²) in [4.78, 5) is 2.76. The minimum absolute atomic E-state index is 0.258. The number of H-pyrrole nitrogens is 1. The fourth-order valence-electron chi connectivity index (χ4n) is 1.57. The van der Waals surface area contributed by atoms with Crippen LogP contribution in [0.15, 0.2) is 12.3 Å². The normalized spacial score (nSPS) is 24.2. The van der Waals surface area contributed by atoms with E-state index in [-0.39, 0.29) is 5.88 Å². The standard InChI is InChI=1S/C8H12N2O/c11-8-4-6(5-10-8)7-2-1-3-9-7/h4-5,7,9-11H,1-3H2/t7-/m0/s1. The van der Waals surface area contributed by atoms with E-state index >= 15 is 0 Å². The Labute approximate surface area is 65.4 Å². The van der Waals surface area contributed by atoms with Crippen LogP contribution in [0.1, 0.15) is 24.4 Å². The number of nitrogens with one attached hydrogen (secondary N) is 2. The van der Waals surface area contributed by atoms with E-state index in [2.05, 4.69) is 10.3 Å². The van der Waals surface area contributed by atoms with E-state index in [0.717, 1.165) is 6.54 Å². The van der Waals surface area contributed by atoms with Crippen LogP contribution < -0.4 is 5.32 Å². The van der Waals surface area contributed by atoms with E-state index in [9.17, 15) is 0 Å². The number of hydrogen-bond acceptors (Lipinski definition) is 2. The van der Waals surface area contributed by atoms with Gasteiger partial charge < -0.3 is 15.4 Å². The molecule has 1 atom stereocenters. The van der Waals surface area contributed by atoms with Gasteiger partial charge in [0.05, 0.1) is 0 Å². The summed E-state index contributed by atoms with van der Waals surface area (Å²) in [5.41, 5.74) is 1.17. The van der Waals surface area contributed by atoms with Crippen LogP contribution in [-0.4, -0.2) is 16.6 Å². The molecular weight excluding hydrogens is 140 g/mol. The molecule has 0 aliphatic carbocycles. The lowest BCUT2D eigenvalue weighted by Gasteiger charge is -2.05. The molecule has 1 saturated heterocycles. The molecule has 0 bridgehead atoms. The Bertz CT molecular complexity index is 238. The molecule has 0 aromatic carbocycles. The van der Waals surface area contributed by atoms with Crippen molar-refractivity contribution in [3.63, 3.8) is 0 Å². The molecular formula is C8H12N2O. The average molecular weight is 152 g/mol. The Hall–Kier alpha value is -0.960. The van der Waals surface area contributed by atoms with Gasteiger partial charge in [-0.3, -0.25) is 0 Å². The van der Waals surface area contributed by atoms with Gasteiger partial charge in [0, 0.05) is 18.3 Å². The summed E-state index contributed by atoms with van der Waals surface area (Å²) in [7, 11) is 0. The Kier molecular flexibility index (Phi) is 1.58. The van der Waals surface area contributed by atoms with Crippen molar-refractivity contribution >= 4 is 0 Å². The molecule has 1 aliphatic heterocycles. The first-order valence-corrected chi connectivity index (χ1v) is 3.97. The topological polar surface area (TPSA) is 48.0 Å². The van der Waals surface area contributed by atoms with Crippen LogP contribution in [0.3, 0.4) is 0 Å². The molecule has 1 aromatic rings. The Balaban J connectivity index is 2.15. The molecule has 60 valence electrons. The van der Waals surface area contributed by atoms with Gasteiger partial charge in [0.15, 0.2) is 5.88 Å². The first-order valence-electron chi connectivity index (χ1n) is 3.97. The third-order valence-electron chi connectivity index (χ3n) is 2.15. The average Bonchev–Trinajstić information content (AvgIpc) is 2.55. The summed E-state index contributed by atoms with van der Waals surface area (Å²) in [5.74, 6) is 0.258. The Morgan fingerprint density at radius 2 is 2.45 bits per heavy atom. The second kappa shape index (κ2) is 2.58. The third kappa shape index (κ3) is 1.24. The Morgan fingerprint density at radius 3 is 3.00 bits per heavy atom. The van der Waals surface area contributed by atoms with Crippen molar-refractivity contribution in [2.45, 2.75) is 18.9 Å². The molecule has 2 heterocycles. The van der Waals surface area contributed by atoms with Gasteiger partial charge in [-0.15, -0.1) is 0 Å². The van der Waals surface area contributed by atoms with Gasteiger partial charge in [-0.05, 0) is 24.9 Å². The van der Waals surface area contributed by atoms with Crippen LogP contribution in [0, 0.1) is 0 Å². The zero-order valence-corrected chi connectivity index (χ0v) is 6.30. The molecule has 0 unspecified atom stereocenters. The molecule has 1 fully saturated rings. The van der Waals surface area contributed by atoms with E-state index < -0.39 is 0 Å². The smallest absolute Gasteiger partial charge is 0.188 e. The highest BCUT2D eigenvalue weighted by Gasteiger charge is 2.16. The van der Waals surface area contributed by atoms with Crippen molar-refractivity contribution in [1.82, 2.24) is 10.3 Å². The van der Waals surface area contributed by atoms with Crippen molar-refractivity contribution in [1.29, 1.82) is 0 Å². The lowest BCUT2D eigenvalue weighted by atomic mass is 10.1. The Morgan fingerprint density at radius 1 is 1.55 bits per heavy atom. The van der Waals surface area contributed by atoms with Crippen LogP contribution in [0.25, 0.3) is 0 Å². The number of hydrogen-bond donors (Lipinski definition) is 3. The van der Waals surface area contributed by atoms with Gasteiger partial charge >= 0.3 is 0 Å². The molecule has 3 N–H and O–H groups in total. The maximum atomic E-state index is 9.03. The monoisotopic (exact) mass is 152 g/mol. The minimum atomic E-state index is 0.258. The summed E-state index contributed by atoms with van der Waals surface area (Å²) in [6, 6.07) is 2.23. The van der Waals surface area contributed by atoms with Crippen LogP contribution in [0.2, 0.25) is 0 Å². The second-order valence-electron chi connectivity index (χ2n) is 2.97.